The van der Waals surface area contributed by atoms with Gasteiger partial charge in [-0.25, -0.2) is 9.67 Å². The molecule has 0 aliphatic carbocycles. The van der Waals surface area contributed by atoms with Crippen molar-refractivity contribution in [1.82, 2.24) is 20.1 Å². The number of anilines is 1. The maximum Gasteiger partial charge on any atom is 0.220 e. The Morgan fingerprint density at radius 2 is 1.89 bits per heavy atom. The standard InChI is InChI=1S/C22H27N5O/c1-16-14-17(2)27(25-16)20-10-7-18(8-11-20)9-12-21(28)24-15-19-6-5-13-23-22(19)26(3)4/h5-8,10-11,13-14H,9,12,15H2,1-4H3,(H,24,28). The third kappa shape index (κ3) is 4.76. The lowest BCUT2D eigenvalue weighted by molar-refractivity contribution is -0.121. The van der Waals surface area contributed by atoms with E-state index in [2.05, 4.69) is 33.6 Å². The molecule has 6 heteroatoms. The summed E-state index contributed by atoms with van der Waals surface area (Å²) in [7, 11) is 3.90. The molecule has 28 heavy (non-hydrogen) atoms. The third-order valence-electron chi connectivity index (χ3n) is 4.60. The summed E-state index contributed by atoms with van der Waals surface area (Å²) >= 11 is 0. The van der Waals surface area contributed by atoms with E-state index in [-0.39, 0.29) is 5.91 Å². The van der Waals surface area contributed by atoms with Gasteiger partial charge in [0, 0.05) is 44.5 Å². The molecule has 1 N–H and O–H groups in total. The van der Waals surface area contributed by atoms with Gasteiger partial charge in [0.25, 0.3) is 0 Å². The highest BCUT2D eigenvalue weighted by Crippen LogP contribution is 2.15. The van der Waals surface area contributed by atoms with Crippen molar-refractivity contribution in [3.63, 3.8) is 0 Å². The van der Waals surface area contributed by atoms with Crippen LogP contribution in [0, 0.1) is 13.8 Å². The fraction of sp³-hybridized carbons (Fsp3) is 0.318. The van der Waals surface area contributed by atoms with E-state index in [1.54, 1.807) is 6.20 Å². The summed E-state index contributed by atoms with van der Waals surface area (Å²) in [4.78, 5) is 18.6. The van der Waals surface area contributed by atoms with Gasteiger partial charge in [0.05, 0.1) is 11.4 Å². The first kappa shape index (κ1) is 19.6. The van der Waals surface area contributed by atoms with E-state index in [4.69, 9.17) is 0 Å². The molecule has 2 aromatic heterocycles. The molecule has 0 aliphatic heterocycles. The number of hydrogen-bond donors (Lipinski definition) is 1. The second-order valence-corrected chi connectivity index (χ2v) is 7.16. The van der Waals surface area contributed by atoms with Crippen LogP contribution < -0.4 is 10.2 Å². The predicted octanol–water partition coefficient (Wildman–Crippen LogP) is 3.20. The van der Waals surface area contributed by atoms with Crippen LogP contribution in [0.2, 0.25) is 0 Å². The van der Waals surface area contributed by atoms with E-state index in [1.165, 1.54) is 0 Å². The van der Waals surface area contributed by atoms with Crippen molar-refractivity contribution in [1.29, 1.82) is 0 Å². The third-order valence-corrected chi connectivity index (χ3v) is 4.60. The molecule has 0 atom stereocenters. The average molecular weight is 377 g/mol. The van der Waals surface area contributed by atoms with Crippen LogP contribution in [0.1, 0.15) is 28.9 Å². The lowest BCUT2D eigenvalue weighted by atomic mass is 10.1. The molecular formula is C22H27N5O. The number of hydrogen-bond acceptors (Lipinski definition) is 4. The first-order valence-corrected chi connectivity index (χ1v) is 9.44. The summed E-state index contributed by atoms with van der Waals surface area (Å²) in [5, 5.41) is 7.49. The first-order valence-electron chi connectivity index (χ1n) is 9.44. The summed E-state index contributed by atoms with van der Waals surface area (Å²) in [6.07, 6.45) is 2.92. The Labute approximate surface area is 166 Å². The monoisotopic (exact) mass is 377 g/mol. The SMILES string of the molecule is Cc1cc(C)n(-c2ccc(CCC(=O)NCc3cccnc3N(C)C)cc2)n1. The summed E-state index contributed by atoms with van der Waals surface area (Å²) in [5.74, 6) is 0.915. The van der Waals surface area contributed by atoms with Crippen LogP contribution in [-0.2, 0) is 17.8 Å². The smallest absolute Gasteiger partial charge is 0.220 e. The minimum atomic E-state index is 0.0381. The Morgan fingerprint density at radius 3 is 2.54 bits per heavy atom. The van der Waals surface area contributed by atoms with Crippen LogP contribution in [0.4, 0.5) is 5.82 Å². The Bertz CT molecular complexity index is 944. The predicted molar refractivity (Wildman–Crippen MR) is 112 cm³/mol. The number of aromatic nitrogens is 3. The Balaban J connectivity index is 1.53. The van der Waals surface area contributed by atoms with Crippen molar-refractivity contribution in [2.24, 2.45) is 0 Å². The first-order chi connectivity index (χ1) is 13.4. The molecule has 0 fully saturated rings. The largest absolute Gasteiger partial charge is 0.362 e. The van der Waals surface area contributed by atoms with Crippen molar-refractivity contribution >= 4 is 11.7 Å². The minimum Gasteiger partial charge on any atom is -0.362 e. The quantitative estimate of drug-likeness (QED) is 0.687. The van der Waals surface area contributed by atoms with Crippen LogP contribution in [0.15, 0.2) is 48.7 Å². The van der Waals surface area contributed by atoms with E-state index < -0.39 is 0 Å². The molecular weight excluding hydrogens is 350 g/mol. The van der Waals surface area contributed by atoms with Crippen molar-refractivity contribution < 1.29 is 4.79 Å². The van der Waals surface area contributed by atoms with Crippen LogP contribution in [-0.4, -0.2) is 34.8 Å². The molecule has 2 heterocycles. The number of carbonyl (C=O) groups excluding carboxylic acids is 1. The molecule has 0 spiro atoms. The van der Waals surface area contributed by atoms with Crippen molar-refractivity contribution in [2.75, 3.05) is 19.0 Å². The zero-order valence-corrected chi connectivity index (χ0v) is 16.9. The van der Waals surface area contributed by atoms with Crippen molar-refractivity contribution in [3.8, 4) is 5.69 Å². The normalized spacial score (nSPS) is 10.7. The van der Waals surface area contributed by atoms with Gasteiger partial charge in [0.2, 0.25) is 5.91 Å². The summed E-state index contributed by atoms with van der Waals surface area (Å²) < 4.78 is 1.93. The second kappa shape index (κ2) is 8.69. The van der Waals surface area contributed by atoms with Crippen LogP contribution >= 0.6 is 0 Å². The summed E-state index contributed by atoms with van der Waals surface area (Å²) in [5.41, 5.74) is 5.29. The lowest BCUT2D eigenvalue weighted by Gasteiger charge is -2.16. The lowest BCUT2D eigenvalue weighted by Crippen LogP contribution is -2.24. The van der Waals surface area contributed by atoms with E-state index in [0.717, 1.165) is 34.0 Å². The van der Waals surface area contributed by atoms with Gasteiger partial charge in [0.1, 0.15) is 5.82 Å². The van der Waals surface area contributed by atoms with Gasteiger partial charge in [-0.15, -0.1) is 0 Å². The van der Waals surface area contributed by atoms with Gasteiger partial charge in [-0.1, -0.05) is 18.2 Å². The molecule has 0 radical (unpaired) electrons. The minimum absolute atomic E-state index is 0.0381. The number of nitrogens with zero attached hydrogens (tertiary/aromatic N) is 4. The molecule has 0 aliphatic rings. The summed E-state index contributed by atoms with van der Waals surface area (Å²) in [6, 6.07) is 14.1. The number of rotatable bonds is 7. The molecule has 6 nitrogen and oxygen atoms in total. The molecule has 0 unspecified atom stereocenters. The Morgan fingerprint density at radius 1 is 1.14 bits per heavy atom. The highest BCUT2D eigenvalue weighted by atomic mass is 16.1. The zero-order chi connectivity index (χ0) is 20.1. The molecule has 1 amide bonds. The summed E-state index contributed by atoms with van der Waals surface area (Å²) in [6.45, 7) is 4.52. The van der Waals surface area contributed by atoms with Gasteiger partial charge in [-0.2, -0.15) is 5.10 Å². The number of pyridine rings is 1. The van der Waals surface area contributed by atoms with Crippen LogP contribution in [0.3, 0.4) is 0 Å². The number of amides is 1. The van der Waals surface area contributed by atoms with Gasteiger partial charge in [-0.3, -0.25) is 4.79 Å². The molecule has 0 bridgehead atoms. The molecule has 3 rings (SSSR count). The van der Waals surface area contributed by atoms with Gasteiger partial charge >= 0.3 is 0 Å². The topological polar surface area (TPSA) is 63.1 Å². The van der Waals surface area contributed by atoms with Crippen molar-refractivity contribution in [3.05, 3.63) is 71.2 Å². The van der Waals surface area contributed by atoms with Crippen LogP contribution in [0.5, 0.6) is 0 Å². The van der Waals surface area contributed by atoms with E-state index in [1.807, 2.05) is 61.8 Å². The van der Waals surface area contributed by atoms with E-state index in [9.17, 15) is 4.79 Å². The average Bonchev–Trinajstić information content (AvgIpc) is 3.03. The molecule has 1 aromatic carbocycles. The number of carbonyl (C=O) groups is 1. The fourth-order valence-corrected chi connectivity index (χ4v) is 3.21. The second-order valence-electron chi connectivity index (χ2n) is 7.16. The van der Waals surface area contributed by atoms with Gasteiger partial charge in [-0.05, 0) is 50.1 Å². The van der Waals surface area contributed by atoms with E-state index in [0.29, 0.717) is 19.4 Å². The number of aryl methyl sites for hydroxylation is 3. The fourth-order valence-electron chi connectivity index (χ4n) is 3.21. The molecule has 0 saturated carbocycles. The highest BCUT2D eigenvalue weighted by molar-refractivity contribution is 5.76. The van der Waals surface area contributed by atoms with Gasteiger partial charge in [0.15, 0.2) is 0 Å². The molecule has 3 aromatic rings. The Hall–Kier alpha value is -3.15. The van der Waals surface area contributed by atoms with E-state index >= 15 is 0 Å². The Kier molecular flexibility index (Phi) is 6.09. The van der Waals surface area contributed by atoms with Crippen molar-refractivity contribution in [2.45, 2.75) is 33.2 Å². The maximum atomic E-state index is 12.2. The molecule has 0 saturated heterocycles. The number of nitrogens with one attached hydrogen (secondary N) is 1. The highest BCUT2D eigenvalue weighted by Gasteiger charge is 2.08. The van der Waals surface area contributed by atoms with Gasteiger partial charge < -0.3 is 10.2 Å². The van der Waals surface area contributed by atoms with Crippen LogP contribution in [0.25, 0.3) is 5.69 Å². The maximum absolute atomic E-state index is 12.2. The number of benzene rings is 1. The molecule has 146 valence electrons. The zero-order valence-electron chi connectivity index (χ0n) is 16.9.